The van der Waals surface area contributed by atoms with Gasteiger partial charge in [0.1, 0.15) is 0 Å². The number of nitrogens with zero attached hydrogens (tertiary/aromatic N) is 2. The number of H-pyrrole nitrogens is 2. The van der Waals surface area contributed by atoms with Crippen LogP contribution in [-0.2, 0) is 13.0 Å². The van der Waals surface area contributed by atoms with Gasteiger partial charge in [0.05, 0.1) is 6.20 Å². The summed E-state index contributed by atoms with van der Waals surface area (Å²) in [7, 11) is 0. The Kier molecular flexibility index (Phi) is 6.22. The topological polar surface area (TPSA) is 95.6 Å². The number of aromatic nitrogens is 4. The van der Waals surface area contributed by atoms with E-state index < -0.39 is 0 Å². The number of nitrogens with one attached hydrogen (secondary N) is 3. The minimum Gasteiger partial charge on any atom is -0.348 e. The highest BCUT2D eigenvalue weighted by molar-refractivity contribution is 6.09. The molecule has 3 aromatic heterocycles. The second kappa shape index (κ2) is 9.10. The Labute approximate surface area is 193 Å². The van der Waals surface area contributed by atoms with E-state index in [-0.39, 0.29) is 24.1 Å². The van der Waals surface area contributed by atoms with Gasteiger partial charge in [-0.25, -0.2) is 0 Å². The van der Waals surface area contributed by atoms with Crippen LogP contribution in [0.2, 0.25) is 0 Å². The lowest BCUT2D eigenvalue weighted by atomic mass is 9.99. The maximum Gasteiger partial charge on any atom is 0.253 e. The molecule has 0 bridgehead atoms. The van der Waals surface area contributed by atoms with Crippen molar-refractivity contribution >= 4 is 16.8 Å². The third-order valence-electron chi connectivity index (χ3n) is 6.06. The maximum absolute atomic E-state index is 13.5. The normalized spacial score (nSPS) is 11.5. The van der Waals surface area contributed by atoms with Crippen molar-refractivity contribution < 1.29 is 4.79 Å². The van der Waals surface area contributed by atoms with Crippen molar-refractivity contribution in [3.8, 4) is 11.1 Å². The number of hydrogen-bond acceptors (Lipinski definition) is 3. The lowest BCUT2D eigenvalue weighted by Crippen LogP contribution is -2.28. The molecule has 33 heavy (non-hydrogen) atoms. The van der Waals surface area contributed by atoms with Gasteiger partial charge in [0.25, 0.3) is 11.5 Å². The van der Waals surface area contributed by atoms with Crippen LogP contribution in [0.15, 0.2) is 41.6 Å². The van der Waals surface area contributed by atoms with Gasteiger partial charge < -0.3 is 14.9 Å². The number of benzene rings is 1. The van der Waals surface area contributed by atoms with Gasteiger partial charge in [-0.1, -0.05) is 13.3 Å². The predicted molar refractivity (Wildman–Crippen MR) is 132 cm³/mol. The van der Waals surface area contributed by atoms with Crippen LogP contribution in [0.25, 0.3) is 22.0 Å². The Bertz CT molecular complexity index is 1360. The number of carbonyl (C=O) groups is 1. The summed E-state index contributed by atoms with van der Waals surface area (Å²) >= 11 is 0. The molecular weight excluding hydrogens is 414 g/mol. The van der Waals surface area contributed by atoms with Crippen molar-refractivity contribution in [2.45, 2.75) is 60.0 Å². The summed E-state index contributed by atoms with van der Waals surface area (Å²) in [5.74, 6) is -0.197. The first-order valence-corrected chi connectivity index (χ1v) is 11.4. The first-order valence-electron chi connectivity index (χ1n) is 11.4. The van der Waals surface area contributed by atoms with E-state index in [0.717, 1.165) is 51.7 Å². The van der Waals surface area contributed by atoms with Crippen LogP contribution in [0.4, 0.5) is 0 Å². The number of aryl methyl sites for hydroxylation is 3. The van der Waals surface area contributed by atoms with Gasteiger partial charge in [0.15, 0.2) is 0 Å². The van der Waals surface area contributed by atoms with E-state index in [4.69, 9.17) is 0 Å². The van der Waals surface area contributed by atoms with Crippen LogP contribution in [0.1, 0.15) is 66.0 Å². The van der Waals surface area contributed by atoms with Crippen molar-refractivity contribution in [2.75, 3.05) is 0 Å². The monoisotopic (exact) mass is 445 g/mol. The van der Waals surface area contributed by atoms with Crippen molar-refractivity contribution in [2.24, 2.45) is 0 Å². The van der Waals surface area contributed by atoms with Crippen LogP contribution in [0.5, 0.6) is 0 Å². The zero-order valence-corrected chi connectivity index (χ0v) is 19.9. The minimum atomic E-state index is -0.197. The molecule has 4 rings (SSSR count). The molecule has 0 unspecified atom stereocenters. The molecule has 0 radical (unpaired) electrons. The number of fused-ring (bicyclic) bond motifs is 1. The van der Waals surface area contributed by atoms with Gasteiger partial charge in [-0.3, -0.25) is 14.7 Å². The highest BCUT2D eigenvalue weighted by Crippen LogP contribution is 2.32. The Morgan fingerprint density at radius 3 is 2.64 bits per heavy atom. The highest BCUT2D eigenvalue weighted by Gasteiger charge is 2.20. The zero-order valence-electron chi connectivity index (χ0n) is 19.9. The first kappa shape index (κ1) is 22.6. The van der Waals surface area contributed by atoms with Crippen molar-refractivity contribution in [1.29, 1.82) is 0 Å². The molecule has 0 aliphatic rings. The molecule has 3 N–H and O–H groups in total. The molecule has 172 valence electrons. The molecule has 0 aliphatic carbocycles. The quantitative estimate of drug-likeness (QED) is 0.381. The van der Waals surface area contributed by atoms with E-state index >= 15 is 0 Å². The van der Waals surface area contributed by atoms with Gasteiger partial charge >= 0.3 is 0 Å². The summed E-state index contributed by atoms with van der Waals surface area (Å²) in [4.78, 5) is 29.0. The average Bonchev–Trinajstić information content (AvgIpc) is 3.41. The third kappa shape index (κ3) is 4.35. The second-order valence-corrected chi connectivity index (χ2v) is 8.94. The summed E-state index contributed by atoms with van der Waals surface area (Å²) in [6, 6.07) is 6.26. The van der Waals surface area contributed by atoms with Crippen LogP contribution in [0, 0.1) is 13.8 Å². The SMILES string of the molecule is CCCc1cc(C)[nH]c(=O)c1CNC(=O)c1cc(-c2cn[nH]c2)cc2c1c(C)cn2C(C)C. The molecule has 0 spiro atoms. The number of amides is 1. The van der Waals surface area contributed by atoms with E-state index in [0.29, 0.717) is 11.1 Å². The predicted octanol–water partition coefficient (Wildman–Crippen LogP) is 4.80. The average molecular weight is 446 g/mol. The molecule has 0 saturated heterocycles. The molecular formula is C26H31N5O2. The fourth-order valence-electron chi connectivity index (χ4n) is 4.50. The molecule has 1 amide bonds. The van der Waals surface area contributed by atoms with Crippen LogP contribution < -0.4 is 10.9 Å². The second-order valence-electron chi connectivity index (χ2n) is 8.94. The van der Waals surface area contributed by atoms with Gasteiger partial charge in [-0.05, 0) is 69.0 Å². The van der Waals surface area contributed by atoms with Gasteiger partial charge in [-0.15, -0.1) is 0 Å². The third-order valence-corrected chi connectivity index (χ3v) is 6.06. The van der Waals surface area contributed by atoms with Crippen molar-refractivity contribution in [1.82, 2.24) is 25.1 Å². The summed E-state index contributed by atoms with van der Waals surface area (Å²) in [5.41, 5.74) is 6.78. The first-order chi connectivity index (χ1) is 15.8. The molecule has 0 saturated carbocycles. The number of aromatic amines is 2. The summed E-state index contributed by atoms with van der Waals surface area (Å²) < 4.78 is 2.19. The molecule has 7 nitrogen and oxygen atoms in total. The molecule has 4 aromatic rings. The lowest BCUT2D eigenvalue weighted by molar-refractivity contribution is 0.0952. The molecule has 1 aromatic carbocycles. The van der Waals surface area contributed by atoms with Crippen LogP contribution in [0.3, 0.4) is 0 Å². The Hall–Kier alpha value is -3.61. The molecule has 0 aliphatic heterocycles. The maximum atomic E-state index is 13.5. The number of rotatable bonds is 7. The van der Waals surface area contributed by atoms with E-state index in [2.05, 4.69) is 58.1 Å². The smallest absolute Gasteiger partial charge is 0.253 e. The fourth-order valence-corrected chi connectivity index (χ4v) is 4.50. The minimum absolute atomic E-state index is 0.141. The Morgan fingerprint density at radius 2 is 1.97 bits per heavy atom. The number of pyridine rings is 1. The van der Waals surface area contributed by atoms with E-state index in [1.165, 1.54) is 0 Å². The van der Waals surface area contributed by atoms with Gasteiger partial charge in [0.2, 0.25) is 0 Å². The van der Waals surface area contributed by atoms with E-state index in [1.54, 1.807) is 6.20 Å². The van der Waals surface area contributed by atoms with Gasteiger partial charge in [-0.2, -0.15) is 5.10 Å². The van der Waals surface area contributed by atoms with Crippen molar-refractivity contribution in [3.63, 3.8) is 0 Å². The van der Waals surface area contributed by atoms with Crippen molar-refractivity contribution in [3.05, 3.63) is 75.1 Å². The summed E-state index contributed by atoms with van der Waals surface area (Å²) in [6.07, 6.45) is 7.39. The molecule has 0 fully saturated rings. The zero-order chi connectivity index (χ0) is 23.7. The van der Waals surface area contributed by atoms with E-state index in [1.807, 2.05) is 32.2 Å². The number of carbonyl (C=O) groups excluding carboxylic acids is 1. The number of hydrogen-bond donors (Lipinski definition) is 3. The summed E-state index contributed by atoms with van der Waals surface area (Å²) in [6.45, 7) is 10.4. The van der Waals surface area contributed by atoms with E-state index in [9.17, 15) is 9.59 Å². The molecule has 0 atom stereocenters. The Balaban J connectivity index is 1.77. The van der Waals surface area contributed by atoms with Gasteiger partial charge in [0, 0.05) is 58.3 Å². The molecule has 3 heterocycles. The van der Waals surface area contributed by atoms with Crippen LogP contribution in [-0.4, -0.2) is 25.7 Å². The summed E-state index contributed by atoms with van der Waals surface area (Å²) in [5, 5.41) is 10.9. The standard InChI is InChI=1S/C26H31N5O2/c1-6-7-18-8-17(5)30-26(33)22(18)13-27-25(32)21-9-19(20-11-28-29-12-20)10-23-24(21)16(4)14-31(23)15(2)3/h8-12,14-15H,6-7,13H2,1-5H3,(H,27,32)(H,28,29)(H,30,33). The fraction of sp³-hybridized carbons (Fsp3) is 0.346. The molecule has 7 heteroatoms. The highest BCUT2D eigenvalue weighted by atomic mass is 16.1. The lowest BCUT2D eigenvalue weighted by Gasteiger charge is -2.14. The van der Waals surface area contributed by atoms with Crippen LogP contribution >= 0.6 is 0 Å². The Morgan fingerprint density at radius 1 is 1.18 bits per heavy atom. The largest absolute Gasteiger partial charge is 0.348 e.